The number of nitrogens with zero attached hydrogens (tertiary/aromatic N) is 3. The number of aryl methyl sites for hydroxylation is 2. The number of likely N-dealkylation sites (N-methyl/N-ethyl adjacent to an activating group) is 1. The molecule has 0 bridgehead atoms. The summed E-state index contributed by atoms with van der Waals surface area (Å²) >= 11 is 0. The Morgan fingerprint density at radius 3 is 2.48 bits per heavy atom. The van der Waals surface area contributed by atoms with Crippen molar-refractivity contribution in [2.45, 2.75) is 77.0 Å². The maximum Gasteiger partial charge on any atom is 0.323 e. The van der Waals surface area contributed by atoms with Crippen molar-refractivity contribution in [1.82, 2.24) is 14.4 Å². The molecule has 1 aliphatic rings. The summed E-state index contributed by atoms with van der Waals surface area (Å²) in [6.45, 7) is 8.93. The maximum atomic E-state index is 14.3. The Labute approximate surface area is 282 Å². The topological polar surface area (TPSA) is 164 Å². The number of urea groups is 1. The van der Waals surface area contributed by atoms with E-state index in [4.69, 9.17) is 14.0 Å². The number of ether oxygens (including phenoxy) is 2. The minimum absolute atomic E-state index is 0.0177. The first-order valence-electron chi connectivity index (χ1n) is 16.2. The van der Waals surface area contributed by atoms with E-state index in [0.717, 1.165) is 12.8 Å². The highest BCUT2D eigenvalue weighted by molar-refractivity contribution is 7.89. The van der Waals surface area contributed by atoms with Gasteiger partial charge in [-0.05, 0) is 77.3 Å². The summed E-state index contributed by atoms with van der Waals surface area (Å²) in [5.74, 6) is -0.201. The van der Waals surface area contributed by atoms with E-state index < -0.39 is 34.1 Å². The molecule has 0 radical (unpaired) electrons. The van der Waals surface area contributed by atoms with Crippen LogP contribution in [0.3, 0.4) is 0 Å². The number of anilines is 2. The molecule has 4 atom stereocenters. The largest absolute Gasteiger partial charge is 0.490 e. The number of fused-ring (bicyclic) bond motifs is 1. The summed E-state index contributed by atoms with van der Waals surface area (Å²) in [6, 6.07) is 12.8. The third-order valence-corrected chi connectivity index (χ3v) is 10.5. The molecular formula is C34H47N5O8S. The minimum atomic E-state index is -3.95. The zero-order valence-electron chi connectivity index (χ0n) is 28.4. The molecule has 0 aliphatic carbocycles. The predicted octanol–water partition coefficient (Wildman–Crippen LogP) is 5.05. The Morgan fingerprint density at radius 2 is 1.81 bits per heavy atom. The van der Waals surface area contributed by atoms with Crippen LogP contribution >= 0.6 is 0 Å². The van der Waals surface area contributed by atoms with E-state index in [9.17, 15) is 23.1 Å². The van der Waals surface area contributed by atoms with Gasteiger partial charge in [0.2, 0.25) is 10.0 Å². The van der Waals surface area contributed by atoms with Crippen LogP contribution in [0.1, 0.15) is 61.8 Å². The molecule has 3 aromatic rings. The first kappa shape index (κ1) is 36.8. The van der Waals surface area contributed by atoms with Crippen LogP contribution < -0.4 is 15.4 Å². The first-order chi connectivity index (χ1) is 22.8. The Bertz CT molecular complexity index is 1630. The van der Waals surface area contributed by atoms with Crippen molar-refractivity contribution in [1.29, 1.82) is 0 Å². The quantitative estimate of drug-likeness (QED) is 0.294. The van der Waals surface area contributed by atoms with E-state index in [1.807, 2.05) is 32.0 Å². The average molecular weight is 686 g/mol. The monoisotopic (exact) mass is 685 g/mol. The van der Waals surface area contributed by atoms with Crippen LogP contribution in [0.2, 0.25) is 0 Å². The van der Waals surface area contributed by atoms with Crippen LogP contribution in [0, 0.1) is 19.8 Å². The molecule has 2 heterocycles. The number of carbonyl (C=O) groups excluding carboxylic acids is 2. The fourth-order valence-electron chi connectivity index (χ4n) is 5.63. The van der Waals surface area contributed by atoms with Crippen molar-refractivity contribution in [3.63, 3.8) is 0 Å². The van der Waals surface area contributed by atoms with Gasteiger partial charge in [0.1, 0.15) is 16.3 Å². The van der Waals surface area contributed by atoms with Crippen LogP contribution in [-0.2, 0) is 14.8 Å². The summed E-state index contributed by atoms with van der Waals surface area (Å²) in [5, 5.41) is 19.6. The number of carbonyl (C=O) groups is 2. The molecular weight excluding hydrogens is 638 g/mol. The van der Waals surface area contributed by atoms with Gasteiger partial charge in [0.05, 0.1) is 30.4 Å². The summed E-state index contributed by atoms with van der Waals surface area (Å²) in [4.78, 5) is 28.7. The van der Waals surface area contributed by atoms with Gasteiger partial charge in [-0.25, -0.2) is 13.2 Å². The number of rotatable bonds is 8. The molecule has 3 amide bonds. The van der Waals surface area contributed by atoms with Crippen LogP contribution in [-0.4, -0.2) is 91.4 Å². The van der Waals surface area contributed by atoms with E-state index in [0.29, 0.717) is 30.2 Å². The van der Waals surface area contributed by atoms with Gasteiger partial charge >= 0.3 is 6.03 Å². The van der Waals surface area contributed by atoms with Gasteiger partial charge in [0, 0.05) is 44.0 Å². The Balaban J connectivity index is 1.64. The summed E-state index contributed by atoms with van der Waals surface area (Å²) < 4.78 is 46.0. The zero-order valence-corrected chi connectivity index (χ0v) is 29.2. The first-order valence-corrected chi connectivity index (χ1v) is 17.6. The number of hydrogen-bond acceptors (Lipinski definition) is 9. The number of para-hydroxylation sites is 1. The minimum Gasteiger partial charge on any atom is -0.490 e. The smallest absolute Gasteiger partial charge is 0.323 e. The van der Waals surface area contributed by atoms with Crippen molar-refractivity contribution in [2.24, 2.45) is 5.92 Å². The summed E-state index contributed by atoms with van der Waals surface area (Å²) in [5.41, 5.74) is 1.49. The number of aromatic nitrogens is 1. The van der Waals surface area contributed by atoms with E-state index in [1.165, 1.54) is 16.3 Å². The second kappa shape index (κ2) is 16.4. The van der Waals surface area contributed by atoms with Crippen molar-refractivity contribution in [2.75, 3.05) is 44.0 Å². The van der Waals surface area contributed by atoms with E-state index in [-0.39, 0.29) is 53.6 Å². The molecule has 262 valence electrons. The van der Waals surface area contributed by atoms with Gasteiger partial charge in [-0.2, -0.15) is 4.31 Å². The lowest BCUT2D eigenvalue weighted by Gasteiger charge is -2.35. The van der Waals surface area contributed by atoms with Crippen LogP contribution in [0.4, 0.5) is 16.2 Å². The molecule has 1 aromatic heterocycles. The lowest BCUT2D eigenvalue weighted by atomic mass is 10.0. The number of aliphatic hydroxyl groups is 1. The predicted molar refractivity (Wildman–Crippen MR) is 182 cm³/mol. The molecule has 48 heavy (non-hydrogen) atoms. The molecule has 2 aromatic carbocycles. The second-order valence-electron chi connectivity index (χ2n) is 12.4. The number of amides is 3. The molecule has 0 spiro atoms. The standard InChI is InChI=1S/C34H47N5O8S/c1-22-19-39(23(2)21-40)33(41)29-18-28(36-34(42)35-27-13-8-7-9-14-27)15-16-30(29)46-24(3)12-10-11-17-45-31(22)20-38(6)48(43,44)32-25(4)37-47-26(32)5/h7-9,13-16,18,22-24,31,40H,10-12,17,19-21H2,1-6H3,(H2,35,36,42)/t22-,23+,24-,31+/m1/s1. The van der Waals surface area contributed by atoms with Gasteiger partial charge in [-0.3, -0.25) is 4.79 Å². The SMILES string of the molecule is Cc1noc(C)c1S(=O)(=O)N(C)C[C@@H]1OCCCC[C@@H](C)Oc2ccc(NC(=O)Nc3ccccc3)cc2C(=O)N([C@@H](C)CO)C[C@H]1C. The van der Waals surface area contributed by atoms with Crippen LogP contribution in [0.15, 0.2) is 57.9 Å². The number of nitrogens with one attached hydrogen (secondary N) is 2. The third kappa shape index (κ3) is 9.13. The van der Waals surface area contributed by atoms with E-state index in [1.54, 1.807) is 51.1 Å². The van der Waals surface area contributed by atoms with Gasteiger partial charge in [0.25, 0.3) is 5.91 Å². The summed E-state index contributed by atoms with van der Waals surface area (Å²) in [6.07, 6.45) is 1.38. The molecule has 13 nitrogen and oxygen atoms in total. The fraction of sp³-hybridized carbons (Fsp3) is 0.500. The van der Waals surface area contributed by atoms with E-state index >= 15 is 0 Å². The summed E-state index contributed by atoms with van der Waals surface area (Å²) in [7, 11) is -2.46. The fourth-order valence-corrected chi connectivity index (χ4v) is 7.09. The van der Waals surface area contributed by atoms with Crippen LogP contribution in [0.5, 0.6) is 5.75 Å². The Hall–Kier alpha value is -3.98. The molecule has 0 unspecified atom stereocenters. The molecule has 14 heteroatoms. The highest BCUT2D eigenvalue weighted by Gasteiger charge is 2.34. The van der Waals surface area contributed by atoms with Crippen molar-refractivity contribution < 1.29 is 37.1 Å². The average Bonchev–Trinajstić information content (AvgIpc) is 3.40. The molecule has 4 rings (SSSR count). The lowest BCUT2D eigenvalue weighted by molar-refractivity contribution is -0.00835. The highest BCUT2D eigenvalue weighted by atomic mass is 32.2. The van der Waals surface area contributed by atoms with Gasteiger partial charge in [0.15, 0.2) is 5.76 Å². The normalized spacial score (nSPS) is 20.4. The third-order valence-electron chi connectivity index (χ3n) is 8.41. The van der Waals surface area contributed by atoms with Crippen LogP contribution in [0.25, 0.3) is 0 Å². The van der Waals surface area contributed by atoms with E-state index in [2.05, 4.69) is 15.8 Å². The molecule has 3 N–H and O–H groups in total. The Morgan fingerprint density at radius 1 is 1.10 bits per heavy atom. The van der Waals surface area contributed by atoms with Crippen molar-refractivity contribution >= 4 is 33.3 Å². The van der Waals surface area contributed by atoms with Gasteiger partial charge in [-0.1, -0.05) is 30.3 Å². The number of benzene rings is 2. The number of aliphatic hydroxyl groups excluding tert-OH is 1. The highest BCUT2D eigenvalue weighted by Crippen LogP contribution is 2.29. The van der Waals surface area contributed by atoms with Crippen molar-refractivity contribution in [3.8, 4) is 5.75 Å². The molecule has 0 fully saturated rings. The van der Waals surface area contributed by atoms with Gasteiger partial charge < -0.3 is 34.6 Å². The maximum absolute atomic E-state index is 14.3. The lowest BCUT2D eigenvalue weighted by Crippen LogP contribution is -2.48. The molecule has 0 saturated heterocycles. The van der Waals surface area contributed by atoms with Gasteiger partial charge in [-0.15, -0.1) is 0 Å². The zero-order chi connectivity index (χ0) is 35.0. The second-order valence-corrected chi connectivity index (χ2v) is 14.4. The van der Waals surface area contributed by atoms with Crippen molar-refractivity contribution in [3.05, 3.63) is 65.5 Å². The molecule has 0 saturated carbocycles. The Kier molecular flexibility index (Phi) is 12.6. The number of sulfonamides is 1. The number of hydrogen-bond donors (Lipinski definition) is 3. The molecule has 1 aliphatic heterocycles.